The molecule has 2 fully saturated rings. The van der Waals surface area contributed by atoms with Gasteiger partial charge in [0.05, 0.1) is 12.1 Å². The van der Waals surface area contributed by atoms with Crippen molar-refractivity contribution < 1.29 is 19.8 Å². The van der Waals surface area contributed by atoms with Crippen molar-refractivity contribution in [2.24, 2.45) is 0 Å². The van der Waals surface area contributed by atoms with Gasteiger partial charge in [0.15, 0.2) is 0 Å². The number of aliphatic hydroxyl groups excluding tert-OH is 1. The molecule has 2 aliphatic heterocycles. The van der Waals surface area contributed by atoms with E-state index in [1.165, 1.54) is 4.90 Å². The Hall–Kier alpha value is -1.30. The molecule has 0 radical (unpaired) electrons. The van der Waals surface area contributed by atoms with Crippen LogP contribution < -0.4 is 0 Å². The summed E-state index contributed by atoms with van der Waals surface area (Å²) in [6, 6.07) is -0.147. The molecule has 6 nitrogen and oxygen atoms in total. The second kappa shape index (κ2) is 3.69. The van der Waals surface area contributed by atoms with E-state index < -0.39 is 12.2 Å². The second-order valence-corrected chi connectivity index (χ2v) is 4.07. The highest BCUT2D eigenvalue weighted by Gasteiger charge is 2.38. The molecule has 2 aliphatic rings. The van der Waals surface area contributed by atoms with Crippen molar-refractivity contribution in [2.75, 3.05) is 19.6 Å². The molecule has 2 N–H and O–H groups in total. The fourth-order valence-corrected chi connectivity index (χ4v) is 2.26. The SMILES string of the molecule is O=C(O)N1CCC(=O)N2C[C@@H](O)C[C@H]2C1. The zero-order valence-corrected chi connectivity index (χ0v) is 8.30. The average Bonchev–Trinajstić information content (AvgIpc) is 2.46. The van der Waals surface area contributed by atoms with Gasteiger partial charge in [0.2, 0.25) is 5.91 Å². The second-order valence-electron chi connectivity index (χ2n) is 4.07. The van der Waals surface area contributed by atoms with Crippen LogP contribution in [0.4, 0.5) is 4.79 Å². The molecule has 0 aliphatic carbocycles. The first-order valence-electron chi connectivity index (χ1n) is 5.03. The molecule has 0 aromatic heterocycles. The Labute approximate surface area is 87.1 Å². The molecule has 0 aromatic rings. The first-order valence-corrected chi connectivity index (χ1v) is 5.03. The number of carboxylic acid groups (broad SMARTS) is 1. The third-order valence-electron chi connectivity index (χ3n) is 3.01. The number of amides is 2. The molecule has 15 heavy (non-hydrogen) atoms. The lowest BCUT2D eigenvalue weighted by Crippen LogP contribution is -2.40. The van der Waals surface area contributed by atoms with E-state index in [4.69, 9.17) is 5.11 Å². The van der Waals surface area contributed by atoms with E-state index in [9.17, 15) is 14.7 Å². The molecule has 2 rings (SSSR count). The maximum absolute atomic E-state index is 11.6. The summed E-state index contributed by atoms with van der Waals surface area (Å²) in [5.41, 5.74) is 0. The minimum atomic E-state index is -0.994. The minimum absolute atomic E-state index is 0.0553. The third kappa shape index (κ3) is 1.90. The van der Waals surface area contributed by atoms with Crippen LogP contribution in [0.15, 0.2) is 0 Å². The molecule has 2 heterocycles. The highest BCUT2D eigenvalue weighted by atomic mass is 16.4. The Morgan fingerprint density at radius 1 is 1.40 bits per heavy atom. The molecule has 6 heteroatoms. The number of fused-ring (bicyclic) bond motifs is 1. The molecule has 0 spiro atoms. The van der Waals surface area contributed by atoms with Crippen LogP contribution in [0, 0.1) is 0 Å². The number of carbonyl (C=O) groups excluding carboxylic acids is 1. The van der Waals surface area contributed by atoms with Gasteiger partial charge in [-0.2, -0.15) is 0 Å². The van der Waals surface area contributed by atoms with Gasteiger partial charge in [-0.15, -0.1) is 0 Å². The van der Waals surface area contributed by atoms with Crippen LogP contribution in [0.3, 0.4) is 0 Å². The lowest BCUT2D eigenvalue weighted by molar-refractivity contribution is -0.131. The van der Waals surface area contributed by atoms with Gasteiger partial charge >= 0.3 is 6.09 Å². The highest BCUT2D eigenvalue weighted by molar-refractivity contribution is 5.78. The van der Waals surface area contributed by atoms with E-state index in [-0.39, 0.29) is 24.9 Å². The molecule has 0 saturated carbocycles. The Balaban J connectivity index is 2.12. The maximum Gasteiger partial charge on any atom is 0.407 e. The molecule has 2 atom stereocenters. The van der Waals surface area contributed by atoms with Crippen LogP contribution >= 0.6 is 0 Å². The summed E-state index contributed by atoms with van der Waals surface area (Å²) in [4.78, 5) is 25.3. The summed E-state index contributed by atoms with van der Waals surface area (Å²) in [5.74, 6) is -0.0553. The normalized spacial score (nSPS) is 31.4. The van der Waals surface area contributed by atoms with Gasteiger partial charge in [-0.05, 0) is 6.42 Å². The number of hydrogen-bond donors (Lipinski definition) is 2. The molecule has 2 amide bonds. The van der Waals surface area contributed by atoms with E-state index >= 15 is 0 Å². The van der Waals surface area contributed by atoms with Crippen molar-refractivity contribution in [2.45, 2.75) is 25.0 Å². The van der Waals surface area contributed by atoms with Gasteiger partial charge in [-0.25, -0.2) is 4.79 Å². The Morgan fingerprint density at radius 3 is 2.80 bits per heavy atom. The van der Waals surface area contributed by atoms with Crippen LogP contribution in [0.1, 0.15) is 12.8 Å². The van der Waals surface area contributed by atoms with Gasteiger partial charge in [0, 0.05) is 26.1 Å². The Morgan fingerprint density at radius 2 is 2.13 bits per heavy atom. The summed E-state index contributed by atoms with van der Waals surface area (Å²) in [6.07, 6.45) is -0.802. The number of rotatable bonds is 0. The van der Waals surface area contributed by atoms with Crippen molar-refractivity contribution in [3.63, 3.8) is 0 Å². The van der Waals surface area contributed by atoms with Crippen molar-refractivity contribution in [1.29, 1.82) is 0 Å². The van der Waals surface area contributed by atoms with Crippen LogP contribution in [0.2, 0.25) is 0 Å². The van der Waals surface area contributed by atoms with Gasteiger partial charge < -0.3 is 20.0 Å². The van der Waals surface area contributed by atoms with Crippen LogP contribution in [-0.2, 0) is 4.79 Å². The third-order valence-corrected chi connectivity index (χ3v) is 3.01. The number of nitrogens with zero attached hydrogens (tertiary/aromatic N) is 2. The van der Waals surface area contributed by atoms with Crippen molar-refractivity contribution in [3.8, 4) is 0 Å². The molecule has 84 valence electrons. The Bertz CT molecular complexity index is 294. The maximum atomic E-state index is 11.6. The first-order chi connectivity index (χ1) is 7.08. The standard InChI is InChI=1S/C9H14N2O4/c12-7-3-6-4-10(9(14)15)2-1-8(13)11(6)5-7/h6-7,12H,1-5H2,(H,14,15)/t6-,7-/m0/s1. The zero-order valence-electron chi connectivity index (χ0n) is 8.30. The average molecular weight is 214 g/mol. The fraction of sp³-hybridized carbons (Fsp3) is 0.778. The molecule has 2 saturated heterocycles. The number of carbonyl (C=O) groups is 2. The minimum Gasteiger partial charge on any atom is -0.465 e. The van der Waals surface area contributed by atoms with Crippen LogP contribution in [0.25, 0.3) is 0 Å². The largest absolute Gasteiger partial charge is 0.465 e. The molecule has 0 bridgehead atoms. The summed E-state index contributed by atoms with van der Waals surface area (Å²) in [5, 5.41) is 18.3. The topological polar surface area (TPSA) is 81.1 Å². The van der Waals surface area contributed by atoms with Crippen LogP contribution in [-0.4, -0.2) is 63.8 Å². The number of hydrogen-bond acceptors (Lipinski definition) is 3. The molecule has 0 unspecified atom stereocenters. The van der Waals surface area contributed by atoms with Crippen molar-refractivity contribution >= 4 is 12.0 Å². The molecule has 0 aromatic carbocycles. The van der Waals surface area contributed by atoms with Crippen LogP contribution in [0.5, 0.6) is 0 Å². The summed E-state index contributed by atoms with van der Waals surface area (Å²) < 4.78 is 0. The predicted molar refractivity (Wildman–Crippen MR) is 50.3 cm³/mol. The highest BCUT2D eigenvalue weighted by Crippen LogP contribution is 2.22. The summed E-state index contributed by atoms with van der Waals surface area (Å²) in [6.45, 7) is 0.923. The van der Waals surface area contributed by atoms with E-state index in [0.29, 0.717) is 19.5 Å². The van der Waals surface area contributed by atoms with E-state index in [1.807, 2.05) is 0 Å². The fourth-order valence-electron chi connectivity index (χ4n) is 2.26. The predicted octanol–water partition coefficient (Wildman–Crippen LogP) is -0.668. The Kier molecular flexibility index (Phi) is 2.52. The summed E-state index contributed by atoms with van der Waals surface area (Å²) in [7, 11) is 0. The summed E-state index contributed by atoms with van der Waals surface area (Å²) >= 11 is 0. The van der Waals surface area contributed by atoms with E-state index in [0.717, 1.165) is 0 Å². The van der Waals surface area contributed by atoms with Gasteiger partial charge in [0.1, 0.15) is 0 Å². The van der Waals surface area contributed by atoms with E-state index in [1.54, 1.807) is 4.90 Å². The van der Waals surface area contributed by atoms with Gasteiger partial charge in [-0.1, -0.05) is 0 Å². The quantitative estimate of drug-likeness (QED) is 0.560. The lowest BCUT2D eigenvalue weighted by atomic mass is 10.2. The van der Waals surface area contributed by atoms with E-state index in [2.05, 4.69) is 0 Å². The molecular weight excluding hydrogens is 200 g/mol. The van der Waals surface area contributed by atoms with Gasteiger partial charge in [0.25, 0.3) is 0 Å². The monoisotopic (exact) mass is 214 g/mol. The number of aliphatic hydroxyl groups is 1. The smallest absolute Gasteiger partial charge is 0.407 e. The molecular formula is C9H14N2O4. The zero-order chi connectivity index (χ0) is 11.0. The van der Waals surface area contributed by atoms with Crippen molar-refractivity contribution in [1.82, 2.24) is 9.80 Å². The van der Waals surface area contributed by atoms with Gasteiger partial charge in [-0.3, -0.25) is 4.79 Å². The van der Waals surface area contributed by atoms with Crippen molar-refractivity contribution in [3.05, 3.63) is 0 Å². The first kappa shape index (κ1) is 10.2. The lowest BCUT2D eigenvalue weighted by Gasteiger charge is -2.23.